The van der Waals surface area contributed by atoms with E-state index in [2.05, 4.69) is 11.9 Å². The maximum Gasteiger partial charge on any atom is 0.433 e. The Morgan fingerprint density at radius 2 is 1.81 bits per heavy atom. The maximum absolute atomic E-state index is 13.1. The molecule has 1 saturated carbocycles. The van der Waals surface area contributed by atoms with Crippen LogP contribution in [0.4, 0.5) is 13.2 Å². The highest BCUT2D eigenvalue weighted by Gasteiger charge is 2.33. The summed E-state index contributed by atoms with van der Waals surface area (Å²) in [5, 5.41) is 0.812. The second-order valence-electron chi connectivity index (χ2n) is 7.49. The van der Waals surface area contributed by atoms with Crippen molar-refractivity contribution in [1.82, 2.24) is 4.98 Å². The highest BCUT2D eigenvalue weighted by atomic mass is 32.2. The van der Waals surface area contributed by atoms with Crippen LogP contribution in [0.15, 0.2) is 35.2 Å². The smallest absolute Gasteiger partial charge is 0.243 e. The lowest BCUT2D eigenvalue weighted by atomic mass is 9.81. The minimum Gasteiger partial charge on any atom is -0.243 e. The third-order valence-corrected chi connectivity index (χ3v) is 6.51. The Labute approximate surface area is 157 Å². The summed E-state index contributed by atoms with van der Waals surface area (Å²) in [6.45, 7) is 2.33. The van der Waals surface area contributed by atoms with Crippen LogP contribution in [0, 0.1) is 11.8 Å². The van der Waals surface area contributed by atoms with Gasteiger partial charge >= 0.3 is 6.18 Å². The Morgan fingerprint density at radius 1 is 1.08 bits per heavy atom. The lowest BCUT2D eigenvalue weighted by Gasteiger charge is -2.26. The summed E-state index contributed by atoms with van der Waals surface area (Å²) < 4.78 is 39.3. The zero-order chi connectivity index (χ0) is 18.6. The molecule has 0 radical (unpaired) electrons. The van der Waals surface area contributed by atoms with Crippen LogP contribution in [0.5, 0.6) is 0 Å². The molecule has 3 rings (SSSR count). The largest absolute Gasteiger partial charge is 0.433 e. The van der Waals surface area contributed by atoms with Crippen LogP contribution < -0.4 is 0 Å². The molecule has 0 aliphatic heterocycles. The fourth-order valence-corrected chi connectivity index (χ4v) is 4.83. The minimum absolute atomic E-state index is 0.418. The normalized spacial score (nSPS) is 21.2. The van der Waals surface area contributed by atoms with E-state index in [1.54, 1.807) is 12.1 Å². The fraction of sp³-hybridized carbons (Fsp3) is 0.571. The summed E-state index contributed by atoms with van der Waals surface area (Å²) >= 11 is 1.53. The van der Waals surface area contributed by atoms with Crippen molar-refractivity contribution in [2.45, 2.75) is 62.9 Å². The number of alkyl halides is 3. The average Bonchev–Trinajstić information content (AvgIpc) is 2.62. The van der Waals surface area contributed by atoms with Gasteiger partial charge in [0.1, 0.15) is 5.69 Å². The molecule has 0 N–H and O–H groups in total. The molecule has 26 heavy (non-hydrogen) atoms. The first-order valence-electron chi connectivity index (χ1n) is 9.53. The molecule has 0 unspecified atom stereocenters. The molecule has 1 aliphatic rings. The Bertz CT molecular complexity index is 721. The summed E-state index contributed by atoms with van der Waals surface area (Å²) in [5.74, 6) is 2.59. The number of fused-ring (bicyclic) bond motifs is 1. The number of unbranched alkanes of at least 4 members (excludes halogenated alkanes) is 1. The van der Waals surface area contributed by atoms with Gasteiger partial charge in [0.15, 0.2) is 0 Å². The van der Waals surface area contributed by atoms with E-state index in [1.165, 1.54) is 56.4 Å². The van der Waals surface area contributed by atoms with Gasteiger partial charge in [-0.1, -0.05) is 63.6 Å². The Kier molecular flexibility index (Phi) is 6.49. The van der Waals surface area contributed by atoms with E-state index < -0.39 is 11.9 Å². The number of benzene rings is 1. The quantitative estimate of drug-likeness (QED) is 0.383. The number of pyridine rings is 1. The van der Waals surface area contributed by atoms with E-state index >= 15 is 0 Å². The number of para-hydroxylation sites is 1. The third-order valence-electron chi connectivity index (χ3n) is 5.37. The Morgan fingerprint density at radius 3 is 2.54 bits per heavy atom. The predicted octanol–water partition coefficient (Wildman–Crippen LogP) is 7.34. The van der Waals surface area contributed by atoms with Gasteiger partial charge in [-0.3, -0.25) is 0 Å². The zero-order valence-electron chi connectivity index (χ0n) is 15.2. The number of aromatic nitrogens is 1. The van der Waals surface area contributed by atoms with E-state index in [0.717, 1.165) is 29.4 Å². The van der Waals surface area contributed by atoms with Crippen LogP contribution in [-0.2, 0) is 6.18 Å². The van der Waals surface area contributed by atoms with Gasteiger partial charge in [0, 0.05) is 10.3 Å². The van der Waals surface area contributed by atoms with Crippen molar-refractivity contribution in [3.8, 4) is 0 Å². The van der Waals surface area contributed by atoms with Crippen LogP contribution in [0.25, 0.3) is 10.9 Å². The molecule has 5 heteroatoms. The minimum atomic E-state index is -4.41. The summed E-state index contributed by atoms with van der Waals surface area (Å²) in [6, 6.07) is 8.29. The summed E-state index contributed by atoms with van der Waals surface area (Å²) in [4.78, 5) is 4.47. The molecule has 142 valence electrons. The van der Waals surface area contributed by atoms with Crippen molar-refractivity contribution in [2.24, 2.45) is 11.8 Å². The van der Waals surface area contributed by atoms with Gasteiger partial charge in [0.25, 0.3) is 0 Å². The van der Waals surface area contributed by atoms with Gasteiger partial charge in [0.2, 0.25) is 0 Å². The van der Waals surface area contributed by atoms with Crippen LogP contribution in [0.2, 0.25) is 0 Å². The van der Waals surface area contributed by atoms with Crippen molar-refractivity contribution in [1.29, 1.82) is 0 Å². The zero-order valence-corrected chi connectivity index (χ0v) is 16.0. The number of hydrogen-bond acceptors (Lipinski definition) is 2. The molecule has 1 aliphatic carbocycles. The first-order chi connectivity index (χ1) is 12.4. The van der Waals surface area contributed by atoms with E-state index in [-0.39, 0.29) is 0 Å². The number of nitrogens with zero attached hydrogens (tertiary/aromatic N) is 1. The monoisotopic (exact) mass is 381 g/mol. The third kappa shape index (κ3) is 5.15. The molecule has 0 spiro atoms. The Balaban J connectivity index is 1.56. The lowest BCUT2D eigenvalue weighted by molar-refractivity contribution is -0.141. The molecule has 0 atom stereocenters. The number of thioether (sulfide) groups is 1. The first kappa shape index (κ1) is 19.5. The molecule has 2 aromatic rings. The number of halogens is 3. The highest BCUT2D eigenvalue weighted by Crippen LogP contribution is 2.36. The first-order valence-corrected chi connectivity index (χ1v) is 10.5. The molecule has 1 fully saturated rings. The molecule has 1 aromatic heterocycles. The maximum atomic E-state index is 13.1. The second-order valence-corrected chi connectivity index (χ2v) is 8.63. The number of rotatable bonds is 6. The van der Waals surface area contributed by atoms with Gasteiger partial charge in [0.05, 0.1) is 5.52 Å². The average molecular weight is 382 g/mol. The SMILES string of the molecule is CC1CCC(CCCCSc2cc(C(F)(F)F)nc3ccccc23)CC1. The molecule has 1 heterocycles. The van der Waals surface area contributed by atoms with Crippen molar-refractivity contribution < 1.29 is 13.2 Å². The summed E-state index contributed by atoms with van der Waals surface area (Å²) in [7, 11) is 0. The van der Waals surface area contributed by atoms with Crippen LogP contribution in [0.1, 0.15) is 57.6 Å². The van der Waals surface area contributed by atoms with Crippen molar-refractivity contribution >= 4 is 22.7 Å². The molecule has 0 amide bonds. The van der Waals surface area contributed by atoms with E-state index in [0.29, 0.717) is 10.4 Å². The van der Waals surface area contributed by atoms with E-state index in [4.69, 9.17) is 0 Å². The van der Waals surface area contributed by atoms with Gasteiger partial charge in [-0.05, 0) is 36.1 Å². The van der Waals surface area contributed by atoms with Gasteiger partial charge in [-0.2, -0.15) is 13.2 Å². The highest BCUT2D eigenvalue weighted by molar-refractivity contribution is 7.99. The van der Waals surface area contributed by atoms with E-state index in [9.17, 15) is 13.2 Å². The van der Waals surface area contributed by atoms with Gasteiger partial charge in [-0.25, -0.2) is 4.98 Å². The molecule has 1 nitrogen and oxygen atoms in total. The van der Waals surface area contributed by atoms with Crippen LogP contribution in [0.3, 0.4) is 0 Å². The van der Waals surface area contributed by atoms with Crippen molar-refractivity contribution in [3.63, 3.8) is 0 Å². The predicted molar refractivity (Wildman–Crippen MR) is 102 cm³/mol. The number of hydrogen-bond donors (Lipinski definition) is 0. The lowest BCUT2D eigenvalue weighted by Crippen LogP contribution is -2.12. The summed E-state index contributed by atoms with van der Waals surface area (Å²) in [5.41, 5.74) is -0.379. The Hall–Kier alpha value is -1.23. The van der Waals surface area contributed by atoms with Gasteiger partial charge < -0.3 is 0 Å². The van der Waals surface area contributed by atoms with Gasteiger partial charge in [-0.15, -0.1) is 11.8 Å². The molecular weight excluding hydrogens is 355 g/mol. The molecular formula is C21H26F3NS. The van der Waals surface area contributed by atoms with Crippen molar-refractivity contribution in [2.75, 3.05) is 5.75 Å². The van der Waals surface area contributed by atoms with Crippen LogP contribution >= 0.6 is 11.8 Å². The topological polar surface area (TPSA) is 12.9 Å². The van der Waals surface area contributed by atoms with Crippen LogP contribution in [-0.4, -0.2) is 10.7 Å². The fourth-order valence-electron chi connectivity index (χ4n) is 3.74. The second kappa shape index (κ2) is 8.64. The van der Waals surface area contributed by atoms with E-state index in [1.807, 2.05) is 12.1 Å². The molecule has 1 aromatic carbocycles. The summed E-state index contributed by atoms with van der Waals surface area (Å²) in [6.07, 6.45) is 4.47. The standard InChI is InChI=1S/C21H26F3NS/c1-15-9-11-16(12-10-15)6-4-5-13-26-19-14-20(21(22,23)24)25-18-8-3-2-7-17(18)19/h2-3,7-8,14-16H,4-6,9-13H2,1H3. The molecule has 0 bridgehead atoms. The van der Waals surface area contributed by atoms with Crippen molar-refractivity contribution in [3.05, 3.63) is 36.0 Å². The molecule has 0 saturated heterocycles.